The maximum Gasteiger partial charge on any atom is 0.249 e. The number of hydrogen-bond donors (Lipinski definition) is 1. The molecule has 3 fully saturated rings. The number of hydrogen-bond acceptors (Lipinski definition) is 5. The molecule has 40 heavy (non-hydrogen) atoms. The van der Waals surface area contributed by atoms with Crippen molar-refractivity contribution in [1.82, 2.24) is 14.7 Å². The summed E-state index contributed by atoms with van der Waals surface area (Å²) < 4.78 is 6.87. The van der Waals surface area contributed by atoms with Gasteiger partial charge in [0, 0.05) is 26.7 Å². The van der Waals surface area contributed by atoms with Crippen LogP contribution in [0.2, 0.25) is 0 Å². The quantitative estimate of drug-likeness (QED) is 0.403. The Balaban J connectivity index is 1.84. The molecule has 0 aromatic heterocycles. The summed E-state index contributed by atoms with van der Waals surface area (Å²) in [5, 5.41) is 10.5. The van der Waals surface area contributed by atoms with Crippen molar-refractivity contribution in [3.8, 4) is 0 Å². The molecule has 1 N–H and O–H groups in total. The molecule has 1 aromatic carbocycles. The summed E-state index contributed by atoms with van der Waals surface area (Å²) in [5.41, 5.74) is -1.11. The van der Waals surface area contributed by atoms with Gasteiger partial charge in [-0.3, -0.25) is 14.4 Å². The smallest absolute Gasteiger partial charge is 0.249 e. The molecule has 0 aliphatic carbocycles. The van der Waals surface area contributed by atoms with Crippen LogP contribution < -0.4 is 0 Å². The lowest BCUT2D eigenvalue weighted by molar-refractivity contribution is -0.158. The molecule has 7 atom stereocenters. The molecule has 2 bridgehead atoms. The van der Waals surface area contributed by atoms with Gasteiger partial charge in [0.2, 0.25) is 17.7 Å². The fourth-order valence-electron chi connectivity index (χ4n) is 7.43. The molecule has 218 valence electrons. The minimum atomic E-state index is -1.17. The van der Waals surface area contributed by atoms with Crippen molar-refractivity contribution in [3.63, 3.8) is 0 Å². The Hall–Kier alpha value is -2.97. The van der Waals surface area contributed by atoms with E-state index in [1.54, 1.807) is 33.9 Å². The number of benzene rings is 1. The Morgan fingerprint density at radius 2 is 1.82 bits per heavy atom. The first kappa shape index (κ1) is 30.0. The molecule has 0 saturated carbocycles. The lowest BCUT2D eigenvalue weighted by Gasteiger charge is -2.40. The summed E-state index contributed by atoms with van der Waals surface area (Å²) in [6, 6.07) is 8.17. The summed E-state index contributed by atoms with van der Waals surface area (Å²) in [6.45, 7) is 16.3. The maximum absolute atomic E-state index is 14.7. The number of likely N-dealkylation sites (N-methyl/N-ethyl adjacent to an activating group) is 1. The largest absolute Gasteiger partial charge is 0.394 e. The SMILES string of the molecule is C=CCN(C)C(=O)[C@H]1[C@H]2C(=O)N([C@@H](CO)CC(C)C)C(C(=O)N(CC=C)Cc3ccccc3)C23CC(C)[C@]1(C)O3. The van der Waals surface area contributed by atoms with E-state index in [2.05, 4.69) is 13.2 Å². The van der Waals surface area contributed by atoms with E-state index in [1.807, 2.05) is 58.0 Å². The van der Waals surface area contributed by atoms with Gasteiger partial charge >= 0.3 is 0 Å². The van der Waals surface area contributed by atoms with Crippen LogP contribution >= 0.6 is 0 Å². The average Bonchev–Trinajstić information content (AvgIpc) is 3.43. The number of amides is 3. The molecular formula is C32H45N3O5. The van der Waals surface area contributed by atoms with Gasteiger partial charge in [0.1, 0.15) is 11.6 Å². The molecule has 3 aliphatic rings. The van der Waals surface area contributed by atoms with Gasteiger partial charge < -0.3 is 24.5 Å². The number of nitrogens with zero attached hydrogens (tertiary/aromatic N) is 3. The van der Waals surface area contributed by atoms with Crippen LogP contribution in [0.4, 0.5) is 0 Å². The van der Waals surface area contributed by atoms with Gasteiger partial charge in [-0.25, -0.2) is 0 Å². The molecule has 1 aromatic rings. The number of carbonyl (C=O) groups excluding carboxylic acids is 3. The summed E-state index contributed by atoms with van der Waals surface area (Å²) in [5.74, 6) is -2.14. The molecule has 4 rings (SSSR count). The molecular weight excluding hydrogens is 506 g/mol. The highest BCUT2D eigenvalue weighted by Gasteiger charge is 2.80. The monoisotopic (exact) mass is 551 g/mol. The number of ether oxygens (including phenoxy) is 1. The van der Waals surface area contributed by atoms with E-state index in [0.29, 0.717) is 25.9 Å². The van der Waals surface area contributed by atoms with Crippen molar-refractivity contribution in [3.05, 3.63) is 61.2 Å². The Labute approximate surface area is 238 Å². The lowest BCUT2D eigenvalue weighted by Crippen LogP contribution is -2.59. The van der Waals surface area contributed by atoms with Gasteiger partial charge in [-0.2, -0.15) is 0 Å². The van der Waals surface area contributed by atoms with Crippen LogP contribution in [0.25, 0.3) is 0 Å². The first-order valence-corrected chi connectivity index (χ1v) is 14.4. The number of rotatable bonds is 12. The van der Waals surface area contributed by atoms with Crippen LogP contribution in [0, 0.1) is 23.7 Å². The van der Waals surface area contributed by atoms with E-state index in [1.165, 1.54) is 0 Å². The van der Waals surface area contributed by atoms with Crippen molar-refractivity contribution < 1.29 is 24.2 Å². The zero-order chi connectivity index (χ0) is 29.4. The minimum absolute atomic E-state index is 0.0578. The summed E-state index contributed by atoms with van der Waals surface area (Å²) in [4.78, 5) is 47.9. The first-order valence-electron chi connectivity index (χ1n) is 14.4. The number of fused-ring (bicyclic) bond motifs is 1. The van der Waals surface area contributed by atoms with E-state index in [9.17, 15) is 19.5 Å². The van der Waals surface area contributed by atoms with Crippen LogP contribution in [-0.2, 0) is 25.7 Å². The Kier molecular flexibility index (Phi) is 8.62. The topological polar surface area (TPSA) is 90.4 Å². The van der Waals surface area contributed by atoms with Crippen LogP contribution in [0.15, 0.2) is 55.6 Å². The normalized spacial score (nSPS) is 31.3. The third kappa shape index (κ3) is 4.79. The van der Waals surface area contributed by atoms with Gasteiger partial charge in [0.25, 0.3) is 0 Å². The summed E-state index contributed by atoms with van der Waals surface area (Å²) in [7, 11) is 1.71. The Morgan fingerprint density at radius 3 is 2.40 bits per heavy atom. The fraction of sp³-hybridized carbons (Fsp3) is 0.594. The second-order valence-electron chi connectivity index (χ2n) is 12.4. The van der Waals surface area contributed by atoms with Crippen LogP contribution in [-0.4, -0.2) is 87.6 Å². The fourth-order valence-corrected chi connectivity index (χ4v) is 7.43. The van der Waals surface area contributed by atoms with Gasteiger partial charge in [-0.1, -0.05) is 63.3 Å². The predicted molar refractivity (Wildman–Crippen MR) is 154 cm³/mol. The Morgan fingerprint density at radius 1 is 1.18 bits per heavy atom. The summed E-state index contributed by atoms with van der Waals surface area (Å²) in [6.07, 6.45) is 4.34. The van der Waals surface area contributed by atoms with Crippen molar-refractivity contribution >= 4 is 17.7 Å². The molecule has 3 unspecified atom stereocenters. The highest BCUT2D eigenvalue weighted by molar-refractivity contribution is 5.99. The molecule has 8 heteroatoms. The Bertz CT molecular complexity index is 1140. The second kappa shape index (κ2) is 11.5. The summed E-state index contributed by atoms with van der Waals surface area (Å²) >= 11 is 0. The lowest BCUT2D eigenvalue weighted by atomic mass is 9.62. The number of likely N-dealkylation sites (tertiary alicyclic amines) is 1. The average molecular weight is 552 g/mol. The number of aliphatic hydroxyl groups excluding tert-OH is 1. The van der Waals surface area contributed by atoms with E-state index < -0.39 is 35.1 Å². The zero-order valence-corrected chi connectivity index (χ0v) is 24.6. The third-order valence-electron chi connectivity index (χ3n) is 9.26. The molecule has 0 radical (unpaired) electrons. The molecule has 8 nitrogen and oxygen atoms in total. The first-order chi connectivity index (χ1) is 19.0. The maximum atomic E-state index is 14.7. The second-order valence-corrected chi connectivity index (χ2v) is 12.4. The number of carbonyl (C=O) groups is 3. The standard InChI is InChI=1S/C32H45N3O5/c1-8-15-33(7)28(37)25-26-29(38)35(24(20-36)17-21(3)4)27(32(26)18-22(5)31(25,6)40-32)30(39)34(16-9-2)19-23-13-11-10-12-14-23/h8-14,21-22,24-27,36H,1-2,15-20H2,3-7H3/t22?,24-,25-,26+,27?,31+,32?/m1/s1. The van der Waals surface area contributed by atoms with Crippen molar-refractivity contribution in [2.45, 2.75) is 70.4 Å². The molecule has 3 saturated heterocycles. The molecule has 3 amide bonds. The van der Waals surface area contributed by atoms with Gasteiger partial charge in [0.15, 0.2) is 0 Å². The van der Waals surface area contributed by atoms with E-state index in [4.69, 9.17) is 4.74 Å². The van der Waals surface area contributed by atoms with Crippen molar-refractivity contribution in [1.29, 1.82) is 0 Å². The molecule has 1 spiro atoms. The minimum Gasteiger partial charge on any atom is -0.394 e. The van der Waals surface area contributed by atoms with Crippen LogP contribution in [0.5, 0.6) is 0 Å². The van der Waals surface area contributed by atoms with E-state index in [-0.39, 0.29) is 42.7 Å². The van der Waals surface area contributed by atoms with Crippen LogP contribution in [0.3, 0.4) is 0 Å². The van der Waals surface area contributed by atoms with E-state index in [0.717, 1.165) is 5.56 Å². The van der Waals surface area contributed by atoms with Gasteiger partial charge in [-0.05, 0) is 37.2 Å². The van der Waals surface area contributed by atoms with Crippen molar-refractivity contribution in [2.24, 2.45) is 23.7 Å². The van der Waals surface area contributed by atoms with E-state index >= 15 is 0 Å². The van der Waals surface area contributed by atoms with Gasteiger partial charge in [0.05, 0.1) is 30.1 Å². The highest BCUT2D eigenvalue weighted by atomic mass is 16.5. The predicted octanol–water partition coefficient (Wildman–Crippen LogP) is 3.26. The number of aliphatic hydroxyl groups is 1. The molecule has 3 heterocycles. The van der Waals surface area contributed by atoms with Crippen molar-refractivity contribution in [2.75, 3.05) is 26.7 Å². The highest BCUT2D eigenvalue weighted by Crippen LogP contribution is 2.65. The van der Waals surface area contributed by atoms with Crippen LogP contribution in [0.1, 0.15) is 46.1 Å². The van der Waals surface area contributed by atoms with Gasteiger partial charge in [-0.15, -0.1) is 13.2 Å². The zero-order valence-electron chi connectivity index (χ0n) is 24.6. The molecule has 3 aliphatic heterocycles. The third-order valence-corrected chi connectivity index (χ3v) is 9.26.